The average Bonchev–Trinajstić information content (AvgIpc) is 2.04. The van der Waals surface area contributed by atoms with Gasteiger partial charge < -0.3 is 5.11 Å². The molecule has 0 amide bonds. The van der Waals surface area contributed by atoms with Crippen LogP contribution in [0, 0.1) is 5.92 Å². The molecule has 0 spiro atoms. The Bertz CT molecular complexity index is 166. The van der Waals surface area contributed by atoms with Crippen molar-refractivity contribution in [2.45, 2.75) is 58.0 Å². The third-order valence-electron chi connectivity index (χ3n) is 3.01. The Morgan fingerprint density at radius 3 is 2.46 bits per heavy atom. The predicted molar refractivity (Wildman–Crippen MR) is 56.6 cm³/mol. The van der Waals surface area contributed by atoms with Crippen LogP contribution in [0.3, 0.4) is 0 Å². The van der Waals surface area contributed by atoms with Crippen LogP contribution in [0.5, 0.6) is 0 Å². The molecule has 1 aliphatic carbocycles. The minimum Gasteiger partial charge on any atom is -0.390 e. The standard InChI is InChI=1S/C12H22O/c1-3-7-11(2)10-12(13)8-5-4-6-9-12/h3,7,11,13H,4-6,8-10H2,1-2H3/b7-3+. The van der Waals surface area contributed by atoms with Crippen molar-refractivity contribution in [1.82, 2.24) is 0 Å². The maximum Gasteiger partial charge on any atom is 0.0653 e. The largest absolute Gasteiger partial charge is 0.390 e. The fraction of sp³-hybridized carbons (Fsp3) is 0.833. The average molecular weight is 182 g/mol. The Morgan fingerprint density at radius 1 is 1.31 bits per heavy atom. The van der Waals surface area contributed by atoms with Crippen LogP contribution in [0.25, 0.3) is 0 Å². The van der Waals surface area contributed by atoms with Gasteiger partial charge in [-0.05, 0) is 32.1 Å². The summed E-state index contributed by atoms with van der Waals surface area (Å²) in [6.45, 7) is 4.23. The van der Waals surface area contributed by atoms with Gasteiger partial charge in [-0.2, -0.15) is 0 Å². The zero-order valence-electron chi connectivity index (χ0n) is 8.92. The molecule has 0 heterocycles. The first-order chi connectivity index (χ1) is 6.16. The third kappa shape index (κ3) is 3.51. The second kappa shape index (κ2) is 4.80. The zero-order chi connectivity index (χ0) is 9.73. The van der Waals surface area contributed by atoms with Gasteiger partial charge in [-0.25, -0.2) is 0 Å². The Balaban J connectivity index is 2.40. The van der Waals surface area contributed by atoms with E-state index in [0.717, 1.165) is 19.3 Å². The van der Waals surface area contributed by atoms with Gasteiger partial charge in [0.1, 0.15) is 0 Å². The van der Waals surface area contributed by atoms with Crippen LogP contribution in [-0.4, -0.2) is 10.7 Å². The lowest BCUT2D eigenvalue weighted by molar-refractivity contribution is -0.0113. The van der Waals surface area contributed by atoms with Gasteiger partial charge in [-0.15, -0.1) is 0 Å². The second-order valence-electron chi connectivity index (χ2n) is 4.49. The summed E-state index contributed by atoms with van der Waals surface area (Å²) < 4.78 is 0. The molecule has 1 N–H and O–H groups in total. The third-order valence-corrected chi connectivity index (χ3v) is 3.01. The molecule has 1 unspecified atom stereocenters. The molecule has 1 heteroatoms. The van der Waals surface area contributed by atoms with Crippen LogP contribution in [0.15, 0.2) is 12.2 Å². The molecule has 0 radical (unpaired) electrons. The summed E-state index contributed by atoms with van der Waals surface area (Å²) in [5, 5.41) is 10.2. The molecule has 1 atom stereocenters. The van der Waals surface area contributed by atoms with Crippen LogP contribution in [0.1, 0.15) is 52.4 Å². The number of aliphatic hydroxyl groups is 1. The predicted octanol–water partition coefficient (Wildman–Crippen LogP) is 3.28. The first-order valence-electron chi connectivity index (χ1n) is 5.51. The SMILES string of the molecule is C/C=C/C(C)CC1(O)CCCCC1. The van der Waals surface area contributed by atoms with Crippen LogP contribution in [0.2, 0.25) is 0 Å². The van der Waals surface area contributed by atoms with E-state index in [-0.39, 0.29) is 5.60 Å². The fourth-order valence-electron chi connectivity index (χ4n) is 2.41. The molecule has 0 bridgehead atoms. The van der Waals surface area contributed by atoms with E-state index in [1.54, 1.807) is 0 Å². The van der Waals surface area contributed by atoms with Crippen molar-refractivity contribution in [1.29, 1.82) is 0 Å². The topological polar surface area (TPSA) is 20.2 Å². The lowest BCUT2D eigenvalue weighted by Gasteiger charge is -2.33. The molecular weight excluding hydrogens is 160 g/mol. The highest BCUT2D eigenvalue weighted by Gasteiger charge is 2.29. The van der Waals surface area contributed by atoms with Crippen LogP contribution in [0.4, 0.5) is 0 Å². The Kier molecular flexibility index (Phi) is 3.98. The van der Waals surface area contributed by atoms with Gasteiger partial charge in [0.05, 0.1) is 5.60 Å². The van der Waals surface area contributed by atoms with Gasteiger partial charge >= 0.3 is 0 Å². The molecule has 0 aromatic heterocycles. The molecule has 0 aliphatic heterocycles. The van der Waals surface area contributed by atoms with E-state index >= 15 is 0 Å². The molecule has 1 aliphatic rings. The van der Waals surface area contributed by atoms with Crippen LogP contribution < -0.4 is 0 Å². The van der Waals surface area contributed by atoms with Gasteiger partial charge in [0.2, 0.25) is 0 Å². The van der Waals surface area contributed by atoms with Crippen molar-refractivity contribution in [3.8, 4) is 0 Å². The minimum absolute atomic E-state index is 0.350. The van der Waals surface area contributed by atoms with E-state index in [1.807, 2.05) is 6.92 Å². The van der Waals surface area contributed by atoms with Gasteiger partial charge in [-0.1, -0.05) is 38.3 Å². The zero-order valence-corrected chi connectivity index (χ0v) is 8.92. The molecule has 0 aromatic rings. The molecule has 76 valence electrons. The van der Waals surface area contributed by atoms with Crippen molar-refractivity contribution in [3.63, 3.8) is 0 Å². The quantitative estimate of drug-likeness (QED) is 0.664. The summed E-state index contributed by atoms with van der Waals surface area (Å²) in [5.41, 5.74) is -0.350. The van der Waals surface area contributed by atoms with Crippen molar-refractivity contribution in [3.05, 3.63) is 12.2 Å². The van der Waals surface area contributed by atoms with E-state index in [2.05, 4.69) is 19.1 Å². The normalized spacial score (nSPS) is 24.8. The van der Waals surface area contributed by atoms with E-state index < -0.39 is 0 Å². The first kappa shape index (κ1) is 10.8. The van der Waals surface area contributed by atoms with E-state index in [0.29, 0.717) is 5.92 Å². The Hall–Kier alpha value is -0.300. The highest BCUT2D eigenvalue weighted by molar-refractivity contribution is 4.91. The highest BCUT2D eigenvalue weighted by atomic mass is 16.3. The molecule has 1 rings (SSSR count). The van der Waals surface area contributed by atoms with Crippen molar-refractivity contribution < 1.29 is 5.11 Å². The molecule has 0 saturated heterocycles. The monoisotopic (exact) mass is 182 g/mol. The van der Waals surface area contributed by atoms with Crippen molar-refractivity contribution >= 4 is 0 Å². The first-order valence-corrected chi connectivity index (χ1v) is 5.51. The summed E-state index contributed by atoms with van der Waals surface area (Å²) >= 11 is 0. The molecule has 1 nitrogen and oxygen atoms in total. The Labute approximate surface area is 81.9 Å². The summed E-state index contributed by atoms with van der Waals surface area (Å²) in [7, 11) is 0. The number of hydrogen-bond acceptors (Lipinski definition) is 1. The van der Waals surface area contributed by atoms with Gasteiger partial charge in [0.25, 0.3) is 0 Å². The lowest BCUT2D eigenvalue weighted by atomic mass is 9.79. The molecular formula is C12H22O. The number of allylic oxidation sites excluding steroid dienone is 2. The highest BCUT2D eigenvalue weighted by Crippen LogP contribution is 2.33. The van der Waals surface area contributed by atoms with Crippen LogP contribution in [-0.2, 0) is 0 Å². The Morgan fingerprint density at radius 2 is 1.92 bits per heavy atom. The van der Waals surface area contributed by atoms with Crippen molar-refractivity contribution in [2.75, 3.05) is 0 Å². The molecule has 1 fully saturated rings. The van der Waals surface area contributed by atoms with Gasteiger partial charge in [-0.3, -0.25) is 0 Å². The van der Waals surface area contributed by atoms with Crippen LogP contribution >= 0.6 is 0 Å². The van der Waals surface area contributed by atoms with Crippen molar-refractivity contribution in [2.24, 2.45) is 5.92 Å². The second-order valence-corrected chi connectivity index (χ2v) is 4.49. The summed E-state index contributed by atoms with van der Waals surface area (Å²) in [6.07, 6.45) is 10.9. The number of hydrogen-bond donors (Lipinski definition) is 1. The van der Waals surface area contributed by atoms with E-state index in [1.165, 1.54) is 19.3 Å². The maximum absolute atomic E-state index is 10.2. The minimum atomic E-state index is -0.350. The van der Waals surface area contributed by atoms with Gasteiger partial charge in [0, 0.05) is 0 Å². The van der Waals surface area contributed by atoms with Gasteiger partial charge in [0.15, 0.2) is 0 Å². The van der Waals surface area contributed by atoms with E-state index in [4.69, 9.17) is 0 Å². The van der Waals surface area contributed by atoms with E-state index in [9.17, 15) is 5.11 Å². The number of rotatable bonds is 3. The smallest absolute Gasteiger partial charge is 0.0653 e. The lowest BCUT2D eigenvalue weighted by Crippen LogP contribution is -2.32. The molecule has 0 aromatic carbocycles. The maximum atomic E-state index is 10.2. The molecule has 13 heavy (non-hydrogen) atoms. The summed E-state index contributed by atoms with van der Waals surface area (Å²) in [4.78, 5) is 0. The fourth-order valence-corrected chi connectivity index (χ4v) is 2.41. The summed E-state index contributed by atoms with van der Waals surface area (Å²) in [5.74, 6) is 0.521. The summed E-state index contributed by atoms with van der Waals surface area (Å²) in [6, 6.07) is 0. The molecule has 1 saturated carbocycles.